The van der Waals surface area contributed by atoms with Crippen molar-refractivity contribution in [3.8, 4) is 0 Å². The molecule has 0 spiro atoms. The third-order valence-corrected chi connectivity index (χ3v) is 3.18. The van der Waals surface area contributed by atoms with Gasteiger partial charge in [0.05, 0.1) is 0 Å². The molecule has 0 bridgehead atoms. The summed E-state index contributed by atoms with van der Waals surface area (Å²) >= 11 is 0. The molecule has 0 aliphatic heterocycles. The van der Waals surface area contributed by atoms with Crippen LogP contribution in [0.15, 0.2) is 24.3 Å². The zero-order chi connectivity index (χ0) is 19.8. The van der Waals surface area contributed by atoms with Crippen LogP contribution in [0.4, 0.5) is 0 Å². The van der Waals surface area contributed by atoms with Crippen LogP contribution in [0, 0.1) is 0 Å². The number of carbonyl (C=O) groups excluding carboxylic acids is 3. The van der Waals surface area contributed by atoms with Crippen LogP contribution in [0.2, 0.25) is 0 Å². The first kappa shape index (κ1) is 23.9. The number of hydrogen-bond donors (Lipinski definition) is 0. The molecule has 0 aromatic rings. The van der Waals surface area contributed by atoms with Crippen molar-refractivity contribution in [2.45, 2.75) is 45.6 Å². The molecule has 148 valence electrons. The van der Waals surface area contributed by atoms with Crippen molar-refractivity contribution in [3.05, 3.63) is 24.3 Å². The maximum atomic E-state index is 12.0. The van der Waals surface area contributed by atoms with Gasteiger partial charge in [0, 0.05) is 33.1 Å². The summed E-state index contributed by atoms with van der Waals surface area (Å²) in [6.45, 7) is 3.91. The van der Waals surface area contributed by atoms with Gasteiger partial charge in [-0.15, -0.1) is 0 Å². The molecule has 0 rings (SSSR count). The molecule has 26 heavy (non-hydrogen) atoms. The van der Waals surface area contributed by atoms with E-state index in [4.69, 9.17) is 14.2 Å². The molecule has 0 aliphatic rings. The Morgan fingerprint density at radius 1 is 0.885 bits per heavy atom. The van der Waals surface area contributed by atoms with E-state index in [9.17, 15) is 14.4 Å². The summed E-state index contributed by atoms with van der Waals surface area (Å²) in [6, 6.07) is 0. The maximum Gasteiger partial charge on any atom is 0.306 e. The van der Waals surface area contributed by atoms with E-state index in [1.807, 2.05) is 31.1 Å². The van der Waals surface area contributed by atoms with Crippen molar-refractivity contribution in [3.63, 3.8) is 0 Å². The number of carbonyl (C=O) groups is 3. The predicted molar refractivity (Wildman–Crippen MR) is 98.4 cm³/mol. The molecule has 0 aromatic carbocycles. The second kappa shape index (κ2) is 15.1. The van der Waals surface area contributed by atoms with Gasteiger partial charge in [-0.05, 0) is 27.1 Å². The number of nitrogens with zero attached hydrogens (tertiary/aromatic N) is 1. The molecule has 0 saturated heterocycles. The van der Waals surface area contributed by atoms with Crippen molar-refractivity contribution in [1.82, 2.24) is 4.90 Å². The molecular weight excluding hydrogens is 338 g/mol. The fraction of sp³-hybridized carbons (Fsp3) is 0.632. The minimum Gasteiger partial charge on any atom is -0.462 e. The molecule has 7 nitrogen and oxygen atoms in total. The second-order valence-electron chi connectivity index (χ2n) is 6.04. The summed E-state index contributed by atoms with van der Waals surface area (Å²) in [7, 11) is 3.91. The van der Waals surface area contributed by atoms with E-state index in [0.29, 0.717) is 19.3 Å². The Labute approximate surface area is 156 Å². The summed E-state index contributed by atoms with van der Waals surface area (Å²) in [6.07, 6.45) is 8.89. The number of rotatable bonds is 13. The smallest absolute Gasteiger partial charge is 0.306 e. The molecule has 0 heterocycles. The third-order valence-electron chi connectivity index (χ3n) is 3.18. The molecule has 0 unspecified atom stereocenters. The average Bonchev–Trinajstić information content (AvgIpc) is 2.52. The van der Waals surface area contributed by atoms with E-state index in [-0.39, 0.29) is 37.2 Å². The van der Waals surface area contributed by atoms with Gasteiger partial charge in [-0.2, -0.15) is 0 Å². The van der Waals surface area contributed by atoms with Crippen molar-refractivity contribution in [2.75, 3.05) is 33.9 Å². The van der Waals surface area contributed by atoms with Crippen molar-refractivity contribution in [1.29, 1.82) is 0 Å². The lowest BCUT2D eigenvalue weighted by Gasteiger charge is -2.15. The van der Waals surface area contributed by atoms with Gasteiger partial charge in [-0.25, -0.2) is 0 Å². The van der Waals surface area contributed by atoms with Crippen LogP contribution in [0.5, 0.6) is 0 Å². The highest BCUT2D eigenvalue weighted by molar-refractivity contribution is 5.69. The van der Waals surface area contributed by atoms with E-state index in [1.54, 1.807) is 12.2 Å². The molecule has 0 aromatic heterocycles. The van der Waals surface area contributed by atoms with Gasteiger partial charge < -0.3 is 19.1 Å². The van der Waals surface area contributed by atoms with Crippen LogP contribution < -0.4 is 0 Å². The standard InChI is InChI=1S/C19H31NO6/c1-16(21)24-14-7-5-10-18(11-6-8-15-25-17(2)22)26-19(23)12-9-13-20(3)4/h5-8,18H,9-15H2,1-4H3/b7-5+,8-6+. The summed E-state index contributed by atoms with van der Waals surface area (Å²) < 4.78 is 15.1. The summed E-state index contributed by atoms with van der Waals surface area (Å²) in [5.74, 6) is -0.919. The Balaban J connectivity index is 4.39. The van der Waals surface area contributed by atoms with Crippen molar-refractivity contribution >= 4 is 17.9 Å². The fourth-order valence-electron chi connectivity index (χ4n) is 1.94. The van der Waals surface area contributed by atoms with E-state index < -0.39 is 0 Å². The molecule has 0 saturated carbocycles. The van der Waals surface area contributed by atoms with Crippen LogP contribution in [0.1, 0.15) is 39.5 Å². The highest BCUT2D eigenvalue weighted by atomic mass is 16.5. The Kier molecular flexibility index (Phi) is 13.9. The summed E-state index contributed by atoms with van der Waals surface area (Å²) in [5.41, 5.74) is 0. The van der Waals surface area contributed by atoms with Crippen LogP contribution >= 0.6 is 0 Å². The lowest BCUT2D eigenvalue weighted by molar-refractivity contribution is -0.149. The molecule has 0 N–H and O–H groups in total. The van der Waals surface area contributed by atoms with Crippen LogP contribution in [-0.4, -0.2) is 62.8 Å². The predicted octanol–water partition coefficient (Wildman–Crippen LogP) is 2.26. The number of hydrogen-bond acceptors (Lipinski definition) is 7. The van der Waals surface area contributed by atoms with Gasteiger partial charge in [0.2, 0.25) is 0 Å². The maximum absolute atomic E-state index is 12.0. The molecular formula is C19H31NO6. The lowest BCUT2D eigenvalue weighted by Crippen LogP contribution is -2.19. The van der Waals surface area contributed by atoms with E-state index >= 15 is 0 Å². The van der Waals surface area contributed by atoms with Crippen LogP contribution in [0.3, 0.4) is 0 Å². The van der Waals surface area contributed by atoms with E-state index in [0.717, 1.165) is 13.0 Å². The number of esters is 3. The normalized spacial score (nSPS) is 11.5. The van der Waals surface area contributed by atoms with Crippen LogP contribution in [-0.2, 0) is 28.6 Å². The van der Waals surface area contributed by atoms with Crippen molar-refractivity contribution < 1.29 is 28.6 Å². The molecule has 0 atom stereocenters. The van der Waals surface area contributed by atoms with Gasteiger partial charge in [0.25, 0.3) is 0 Å². The molecule has 0 radical (unpaired) electrons. The molecule has 0 amide bonds. The van der Waals surface area contributed by atoms with Crippen molar-refractivity contribution in [2.24, 2.45) is 0 Å². The van der Waals surface area contributed by atoms with Crippen LogP contribution in [0.25, 0.3) is 0 Å². The summed E-state index contributed by atoms with van der Waals surface area (Å²) in [5, 5.41) is 0. The Bertz CT molecular complexity index is 454. The molecule has 0 fully saturated rings. The monoisotopic (exact) mass is 369 g/mol. The summed E-state index contributed by atoms with van der Waals surface area (Å²) in [4.78, 5) is 35.4. The van der Waals surface area contributed by atoms with Gasteiger partial charge in [0.15, 0.2) is 0 Å². The highest BCUT2D eigenvalue weighted by Gasteiger charge is 2.12. The minimum atomic E-state index is -0.341. The first-order valence-corrected chi connectivity index (χ1v) is 8.72. The van der Waals surface area contributed by atoms with Gasteiger partial charge >= 0.3 is 17.9 Å². The first-order valence-electron chi connectivity index (χ1n) is 8.72. The van der Waals surface area contributed by atoms with E-state index in [1.165, 1.54) is 13.8 Å². The quantitative estimate of drug-likeness (QED) is 0.280. The van der Waals surface area contributed by atoms with Gasteiger partial charge in [-0.1, -0.05) is 24.3 Å². The zero-order valence-electron chi connectivity index (χ0n) is 16.2. The molecule has 7 heteroatoms. The van der Waals surface area contributed by atoms with E-state index in [2.05, 4.69) is 0 Å². The number of ether oxygens (including phenoxy) is 3. The minimum absolute atomic E-state index is 0.196. The third kappa shape index (κ3) is 16.7. The van der Waals surface area contributed by atoms with Gasteiger partial charge in [-0.3, -0.25) is 14.4 Å². The Morgan fingerprint density at radius 2 is 1.38 bits per heavy atom. The largest absolute Gasteiger partial charge is 0.462 e. The average molecular weight is 369 g/mol. The highest BCUT2D eigenvalue weighted by Crippen LogP contribution is 2.09. The zero-order valence-corrected chi connectivity index (χ0v) is 16.2. The SMILES string of the molecule is CC(=O)OC/C=C/CC(C/C=C/COC(C)=O)OC(=O)CCCN(C)C. The Hall–Kier alpha value is -2.15. The fourth-order valence-corrected chi connectivity index (χ4v) is 1.94. The second-order valence-corrected chi connectivity index (χ2v) is 6.04. The Morgan fingerprint density at radius 3 is 1.81 bits per heavy atom. The first-order chi connectivity index (χ1) is 12.3. The molecule has 0 aliphatic carbocycles. The van der Waals surface area contributed by atoms with Gasteiger partial charge in [0.1, 0.15) is 19.3 Å². The topological polar surface area (TPSA) is 82.1 Å². The lowest BCUT2D eigenvalue weighted by atomic mass is 10.1.